The van der Waals surface area contributed by atoms with Crippen molar-refractivity contribution in [1.29, 1.82) is 0 Å². The van der Waals surface area contributed by atoms with E-state index in [0.29, 0.717) is 0 Å². The number of aliphatic hydroxyl groups excluding tert-OH is 1. The van der Waals surface area contributed by atoms with Crippen LogP contribution in [0.3, 0.4) is 0 Å². The first-order valence-electron chi connectivity index (χ1n) is 35.0. The Morgan fingerprint density at radius 3 is 1.02 bits per heavy atom. The molecule has 0 spiro atoms. The molecule has 0 aliphatic carbocycles. The first-order valence-corrected chi connectivity index (χ1v) is 35.0. The van der Waals surface area contributed by atoms with Crippen LogP contribution >= 0.6 is 0 Å². The predicted octanol–water partition coefficient (Wildman–Crippen LogP) is 24.2. The quantitative estimate of drug-likeness (QED) is 0.0774. The van der Waals surface area contributed by atoms with Crippen LogP contribution in [0.2, 0.25) is 0 Å². The molecule has 1 N–H and O–H groups in total. The van der Waals surface area contributed by atoms with E-state index in [1.54, 1.807) is 12.4 Å². The SMILES string of the molecule is CC(=O)C=C(C)O.Cc1[c-]c(-c2ccc(-c3ccccc3)cn2)cc(C)c1.Cc1cc(-c2[c-]cccc2)ncc1-c1ccccc1.Cc1ccc(-c2ccnc(-c3[c-]cccc3)c2)cc1.[Ir].[Ir].[Ir].[Ir].[c-]1ccccc1-c1cc(-c2ccccc2)ccn1.[c-]1ccccc1-c1ccccn1.[c-]1ccccc1-c1ccccn1. The fourth-order valence-corrected chi connectivity index (χ4v) is 11.0. The number of allylic oxidation sites excluding steroid dienone is 2. The van der Waals surface area contributed by atoms with E-state index in [2.05, 4.69) is 197 Å². The van der Waals surface area contributed by atoms with Gasteiger partial charge in [0.05, 0.1) is 5.76 Å². The Balaban J connectivity index is 0.000000204. The van der Waals surface area contributed by atoms with Crippen LogP contribution in [0, 0.1) is 64.1 Å². The maximum atomic E-state index is 10.0. The van der Waals surface area contributed by atoms with Gasteiger partial charge in [-0.1, -0.05) is 189 Å². The van der Waals surface area contributed by atoms with E-state index < -0.39 is 0 Å². The van der Waals surface area contributed by atoms with E-state index in [0.717, 1.165) is 78.7 Å². The number of carbonyl (C=O) groups excluding carboxylic acids is 1. The van der Waals surface area contributed by atoms with Crippen LogP contribution in [-0.2, 0) is 85.2 Å². The monoisotopic (exact) mass is 2160 g/mol. The number of hydrogen-bond donors (Lipinski definition) is 1. The van der Waals surface area contributed by atoms with Gasteiger partial charge in [0, 0.05) is 129 Å². The molecule has 0 fully saturated rings. The van der Waals surface area contributed by atoms with Crippen molar-refractivity contribution in [2.75, 3.05) is 0 Å². The molecule has 6 aromatic heterocycles. The second-order valence-corrected chi connectivity index (χ2v) is 24.6. The number of aromatic nitrogens is 6. The Labute approximate surface area is 708 Å². The summed E-state index contributed by atoms with van der Waals surface area (Å²) >= 11 is 0. The normalized spacial score (nSPS) is 9.91. The average Bonchev–Trinajstić information content (AvgIpc) is 0.844. The molecule has 16 aromatic rings. The number of aliphatic hydroxyl groups is 1. The molecule has 0 unspecified atom stereocenters. The van der Waals surface area contributed by atoms with Gasteiger partial charge in [-0.05, 0) is 131 Å². The van der Waals surface area contributed by atoms with Crippen molar-refractivity contribution in [3.63, 3.8) is 0 Å². The third-order valence-corrected chi connectivity index (χ3v) is 16.2. The van der Waals surface area contributed by atoms with Gasteiger partial charge in [0.25, 0.3) is 0 Å². The minimum Gasteiger partial charge on any atom is -0.512 e. The molecule has 0 saturated carbocycles. The van der Waals surface area contributed by atoms with Crippen molar-refractivity contribution in [1.82, 2.24) is 29.9 Å². The number of benzene rings is 10. The summed E-state index contributed by atoms with van der Waals surface area (Å²) < 4.78 is 0. The van der Waals surface area contributed by atoms with E-state index in [9.17, 15) is 4.79 Å². The topological polar surface area (TPSA) is 115 Å². The molecule has 0 aliphatic heterocycles. The van der Waals surface area contributed by atoms with Crippen molar-refractivity contribution >= 4 is 5.78 Å². The number of hydrogen-bond acceptors (Lipinski definition) is 8. The van der Waals surface area contributed by atoms with Gasteiger partial charge < -0.3 is 35.0 Å². The van der Waals surface area contributed by atoms with E-state index >= 15 is 0 Å². The molecular weight excluding hydrogens is 2070 g/mol. The van der Waals surface area contributed by atoms with Gasteiger partial charge in [0.1, 0.15) is 0 Å². The number of rotatable bonds is 11. The molecule has 4 radical (unpaired) electrons. The maximum Gasteiger partial charge on any atom is 0.155 e. The van der Waals surface area contributed by atoms with Crippen molar-refractivity contribution in [2.45, 2.75) is 41.5 Å². The zero-order valence-electron chi connectivity index (χ0n) is 62.1. The summed E-state index contributed by atoms with van der Waals surface area (Å²) in [5.41, 5.74) is 26.4. The van der Waals surface area contributed by atoms with Gasteiger partial charge in [-0.3, -0.25) is 4.79 Å². The molecule has 10 aromatic carbocycles. The number of aryl methyl sites for hydroxylation is 4. The third-order valence-electron chi connectivity index (χ3n) is 16.2. The Morgan fingerprint density at radius 2 is 0.658 bits per heavy atom. The van der Waals surface area contributed by atoms with Gasteiger partial charge in [-0.2, -0.15) is 0 Å². The summed E-state index contributed by atoms with van der Waals surface area (Å²) in [6.45, 7) is 11.2. The second kappa shape index (κ2) is 48.4. The van der Waals surface area contributed by atoms with Gasteiger partial charge in [-0.25, -0.2) is 0 Å². The number of carbonyl (C=O) groups is 1. The van der Waals surface area contributed by atoms with Gasteiger partial charge in [0.15, 0.2) is 5.78 Å². The van der Waals surface area contributed by atoms with Crippen LogP contribution in [0.5, 0.6) is 0 Å². The molecule has 0 bridgehead atoms. The summed E-state index contributed by atoms with van der Waals surface area (Å²) in [7, 11) is 0. The van der Waals surface area contributed by atoms with Crippen molar-refractivity contribution < 1.29 is 90.3 Å². The van der Waals surface area contributed by atoms with Crippen LogP contribution in [-0.4, -0.2) is 40.8 Å². The summed E-state index contributed by atoms with van der Waals surface area (Å²) in [5.74, 6) is -0.0625. The van der Waals surface area contributed by atoms with Crippen molar-refractivity contribution in [3.8, 4) is 112 Å². The fraction of sp³-hybridized carbons (Fsp3) is 0.0606. The summed E-state index contributed by atoms with van der Waals surface area (Å²) in [6, 6.07) is 129. The maximum absolute atomic E-state index is 10.0. The number of pyridine rings is 6. The second-order valence-electron chi connectivity index (χ2n) is 24.6. The molecule has 0 aliphatic rings. The molecule has 8 nitrogen and oxygen atoms in total. The Morgan fingerprint density at radius 1 is 0.297 bits per heavy atom. The molecular formula is C99H80Ir4N6O2-6. The van der Waals surface area contributed by atoms with Crippen molar-refractivity contribution in [3.05, 3.63) is 435 Å². The summed E-state index contributed by atoms with van der Waals surface area (Å²) in [6.07, 6.45) is 12.3. The zero-order chi connectivity index (χ0) is 74.6. The number of nitrogens with zero attached hydrogens (tertiary/aromatic N) is 6. The van der Waals surface area contributed by atoms with Crippen LogP contribution < -0.4 is 0 Å². The molecule has 0 atom stereocenters. The average molecular weight is 2150 g/mol. The standard InChI is InChI=1S/C19H16N.2C18H14N.C17H12N.2C11H8N.C5H8O2.4Ir/c1-14-10-15(2)12-18(11-14)19-9-8-17(13-20-19)16-6-4-3-5-7-16;1-14-12-18(16-10-6-3-7-11-16)19-13-17(14)15-8-4-2-5-9-15;1-14-7-9-15(10-8-14)17-11-12-19-18(13-17)16-5-3-2-4-6-16;1-3-7-14(8-4-1)16-11-12-18-17(13-16)15-9-5-2-6-10-15;2*1-2-6-10(7-3-1)11-8-4-5-9-12-11;1-4(6)3-5(2)7;;;;/h3-11,13H,1-2H3;2-10,12-13H,1H3;2-5,7-13H,1H3;1-9,11-13H;2*1-6,8-9H;3,6H,1-2H3;;;;/q6*-1;;;;;. The minimum absolute atomic E-state index is 0. The molecule has 6 heterocycles. The largest absolute Gasteiger partial charge is 0.512 e. The molecule has 16 rings (SSSR count). The van der Waals surface area contributed by atoms with E-state index in [1.165, 1.54) is 75.6 Å². The third kappa shape index (κ3) is 29.3. The first-order chi connectivity index (χ1) is 52.4. The van der Waals surface area contributed by atoms with Crippen molar-refractivity contribution in [2.24, 2.45) is 0 Å². The smallest absolute Gasteiger partial charge is 0.155 e. The Bertz CT molecular complexity index is 5090. The molecule has 12 heteroatoms. The van der Waals surface area contributed by atoms with Crippen LogP contribution in [0.25, 0.3) is 112 Å². The van der Waals surface area contributed by atoms with Gasteiger partial charge in [0.2, 0.25) is 0 Å². The first kappa shape index (κ1) is 88.8. The van der Waals surface area contributed by atoms with Crippen LogP contribution in [0.15, 0.2) is 377 Å². The van der Waals surface area contributed by atoms with E-state index in [1.807, 2.05) is 249 Å². The zero-order valence-corrected chi connectivity index (χ0v) is 71.7. The minimum atomic E-state index is -0.125. The van der Waals surface area contributed by atoms with Crippen LogP contribution in [0.1, 0.15) is 36.1 Å². The van der Waals surface area contributed by atoms with Gasteiger partial charge in [-0.15, -0.1) is 214 Å². The summed E-state index contributed by atoms with van der Waals surface area (Å²) in [4.78, 5) is 36.4. The molecule has 111 heavy (non-hydrogen) atoms. The van der Waals surface area contributed by atoms with E-state index in [4.69, 9.17) is 5.11 Å². The summed E-state index contributed by atoms with van der Waals surface area (Å²) in [5, 5.41) is 8.36. The van der Waals surface area contributed by atoms with Gasteiger partial charge >= 0.3 is 0 Å². The predicted molar refractivity (Wildman–Crippen MR) is 439 cm³/mol. The van der Waals surface area contributed by atoms with E-state index in [-0.39, 0.29) is 92.0 Å². The molecule has 560 valence electrons. The fourth-order valence-electron chi connectivity index (χ4n) is 11.0. The van der Waals surface area contributed by atoms with Crippen LogP contribution in [0.4, 0.5) is 0 Å². The Kier molecular flexibility index (Phi) is 38.8. The number of ketones is 1. The molecule has 0 amide bonds. The Hall–Kier alpha value is -11.1. The molecule has 0 saturated heterocycles.